The molecule has 0 bridgehead atoms. The SMILES string of the molecule is CC(C)CCO[Si]1(C)CCCCC1. The Labute approximate surface area is 84.0 Å². The lowest BCUT2D eigenvalue weighted by molar-refractivity contribution is 0.270. The third-order valence-corrected chi connectivity index (χ3v) is 6.78. The Hall–Kier alpha value is 0.177. The van der Waals surface area contributed by atoms with Crippen molar-refractivity contribution >= 4 is 8.32 Å². The predicted molar refractivity (Wildman–Crippen MR) is 60.5 cm³/mol. The molecule has 0 aromatic carbocycles. The van der Waals surface area contributed by atoms with Gasteiger partial charge in [-0.25, -0.2) is 0 Å². The van der Waals surface area contributed by atoms with Crippen LogP contribution in [0, 0.1) is 5.92 Å². The van der Waals surface area contributed by atoms with Crippen molar-refractivity contribution < 1.29 is 4.43 Å². The molecule has 1 aliphatic heterocycles. The van der Waals surface area contributed by atoms with E-state index in [1.807, 2.05) is 0 Å². The molecule has 0 amide bonds. The fourth-order valence-corrected chi connectivity index (χ4v) is 5.13. The van der Waals surface area contributed by atoms with Crippen molar-refractivity contribution in [1.29, 1.82) is 0 Å². The van der Waals surface area contributed by atoms with Crippen LogP contribution >= 0.6 is 0 Å². The molecule has 0 unspecified atom stereocenters. The normalized spacial score (nSPS) is 22.2. The largest absolute Gasteiger partial charge is 0.417 e. The van der Waals surface area contributed by atoms with Gasteiger partial charge in [-0.15, -0.1) is 0 Å². The average molecular weight is 200 g/mol. The van der Waals surface area contributed by atoms with E-state index in [4.69, 9.17) is 4.43 Å². The summed E-state index contributed by atoms with van der Waals surface area (Å²) < 4.78 is 6.12. The molecule has 1 aliphatic rings. The van der Waals surface area contributed by atoms with Crippen molar-refractivity contribution in [2.75, 3.05) is 6.61 Å². The van der Waals surface area contributed by atoms with Gasteiger partial charge in [0.2, 0.25) is 0 Å². The van der Waals surface area contributed by atoms with Crippen LogP contribution in [-0.2, 0) is 4.43 Å². The molecule has 1 nitrogen and oxygen atoms in total. The first-order valence-electron chi connectivity index (χ1n) is 5.76. The van der Waals surface area contributed by atoms with E-state index in [9.17, 15) is 0 Å². The minimum absolute atomic E-state index is 0.793. The highest BCUT2D eigenvalue weighted by atomic mass is 28.4. The van der Waals surface area contributed by atoms with Crippen LogP contribution in [0.3, 0.4) is 0 Å². The van der Waals surface area contributed by atoms with Crippen molar-refractivity contribution in [3.63, 3.8) is 0 Å². The van der Waals surface area contributed by atoms with E-state index in [0.717, 1.165) is 12.5 Å². The van der Waals surface area contributed by atoms with Crippen molar-refractivity contribution in [2.45, 2.75) is 58.2 Å². The summed E-state index contributed by atoms with van der Waals surface area (Å²) in [4.78, 5) is 0. The second-order valence-corrected chi connectivity index (χ2v) is 9.23. The van der Waals surface area contributed by atoms with Crippen molar-refractivity contribution in [1.82, 2.24) is 0 Å². The fraction of sp³-hybridized carbons (Fsp3) is 1.00. The topological polar surface area (TPSA) is 9.23 Å². The van der Waals surface area contributed by atoms with Crippen LogP contribution in [0.25, 0.3) is 0 Å². The number of hydrogen-bond donors (Lipinski definition) is 0. The molecule has 0 saturated carbocycles. The minimum atomic E-state index is -1.20. The van der Waals surface area contributed by atoms with Crippen LogP contribution in [0.4, 0.5) is 0 Å². The summed E-state index contributed by atoms with van der Waals surface area (Å²) in [6.45, 7) is 7.98. The molecule has 0 aliphatic carbocycles. The van der Waals surface area contributed by atoms with Crippen LogP contribution in [0.5, 0.6) is 0 Å². The minimum Gasteiger partial charge on any atom is -0.417 e. The Morgan fingerprint density at radius 2 is 1.77 bits per heavy atom. The van der Waals surface area contributed by atoms with E-state index in [0.29, 0.717) is 0 Å². The van der Waals surface area contributed by atoms with Crippen molar-refractivity contribution in [3.8, 4) is 0 Å². The van der Waals surface area contributed by atoms with E-state index in [1.165, 1.54) is 37.8 Å². The first kappa shape index (κ1) is 11.3. The van der Waals surface area contributed by atoms with Gasteiger partial charge in [-0.2, -0.15) is 0 Å². The van der Waals surface area contributed by atoms with Gasteiger partial charge in [0.25, 0.3) is 0 Å². The molecular formula is C11H24OSi. The maximum absolute atomic E-state index is 6.12. The molecule has 0 spiro atoms. The summed E-state index contributed by atoms with van der Waals surface area (Å²) in [5.41, 5.74) is 0. The average Bonchev–Trinajstić information content (AvgIpc) is 2.04. The first-order valence-corrected chi connectivity index (χ1v) is 8.59. The van der Waals surface area contributed by atoms with Crippen LogP contribution in [0.15, 0.2) is 0 Å². The van der Waals surface area contributed by atoms with E-state index >= 15 is 0 Å². The van der Waals surface area contributed by atoms with Gasteiger partial charge < -0.3 is 4.43 Å². The highest BCUT2D eigenvalue weighted by molar-refractivity contribution is 6.72. The van der Waals surface area contributed by atoms with Crippen LogP contribution < -0.4 is 0 Å². The first-order chi connectivity index (χ1) is 6.12. The molecular weight excluding hydrogens is 176 g/mol. The summed E-state index contributed by atoms with van der Waals surface area (Å²) in [5.74, 6) is 0.793. The van der Waals surface area contributed by atoms with E-state index in [1.54, 1.807) is 0 Å². The van der Waals surface area contributed by atoms with E-state index in [2.05, 4.69) is 20.4 Å². The second kappa shape index (κ2) is 5.16. The molecule has 13 heavy (non-hydrogen) atoms. The molecule has 0 radical (unpaired) electrons. The predicted octanol–water partition coefficient (Wildman–Crippen LogP) is 3.81. The van der Waals surface area contributed by atoms with Gasteiger partial charge in [0.1, 0.15) is 0 Å². The molecule has 0 aromatic heterocycles. The van der Waals surface area contributed by atoms with Gasteiger partial charge in [-0.05, 0) is 31.0 Å². The van der Waals surface area contributed by atoms with Gasteiger partial charge in [0.15, 0.2) is 8.32 Å². The Bertz CT molecular complexity index is 139. The monoisotopic (exact) mass is 200 g/mol. The molecule has 1 rings (SSSR count). The van der Waals surface area contributed by atoms with Crippen LogP contribution in [0.2, 0.25) is 18.6 Å². The highest BCUT2D eigenvalue weighted by Crippen LogP contribution is 2.29. The smallest absolute Gasteiger partial charge is 0.189 e. The maximum Gasteiger partial charge on any atom is 0.189 e. The molecule has 1 heterocycles. The zero-order valence-electron chi connectivity index (χ0n) is 9.44. The molecule has 1 saturated heterocycles. The third kappa shape index (κ3) is 4.27. The highest BCUT2D eigenvalue weighted by Gasteiger charge is 2.30. The number of rotatable bonds is 4. The molecule has 0 aromatic rings. The van der Waals surface area contributed by atoms with E-state index in [-0.39, 0.29) is 0 Å². The summed E-state index contributed by atoms with van der Waals surface area (Å²) in [6.07, 6.45) is 5.52. The van der Waals surface area contributed by atoms with Gasteiger partial charge in [-0.3, -0.25) is 0 Å². The van der Waals surface area contributed by atoms with E-state index < -0.39 is 8.32 Å². The quantitative estimate of drug-likeness (QED) is 0.627. The second-order valence-electron chi connectivity index (χ2n) is 5.04. The maximum atomic E-state index is 6.12. The standard InChI is InChI=1S/C11H24OSi/c1-11(2)7-8-12-13(3)9-5-4-6-10-13/h11H,4-10H2,1-3H3. The third-order valence-electron chi connectivity index (χ3n) is 3.06. The Balaban J connectivity index is 2.17. The summed E-state index contributed by atoms with van der Waals surface area (Å²) in [7, 11) is -1.20. The van der Waals surface area contributed by atoms with Crippen molar-refractivity contribution in [3.05, 3.63) is 0 Å². The lowest BCUT2D eigenvalue weighted by Crippen LogP contribution is -2.36. The zero-order valence-corrected chi connectivity index (χ0v) is 10.4. The fourth-order valence-electron chi connectivity index (χ4n) is 1.99. The van der Waals surface area contributed by atoms with Crippen LogP contribution in [-0.4, -0.2) is 14.9 Å². The molecule has 1 fully saturated rings. The van der Waals surface area contributed by atoms with Crippen LogP contribution in [0.1, 0.15) is 39.5 Å². The van der Waals surface area contributed by atoms with Crippen molar-refractivity contribution in [2.24, 2.45) is 5.92 Å². The summed E-state index contributed by atoms with van der Waals surface area (Å²) >= 11 is 0. The van der Waals surface area contributed by atoms with Gasteiger partial charge in [0.05, 0.1) is 0 Å². The Morgan fingerprint density at radius 3 is 2.31 bits per heavy atom. The Kier molecular flexibility index (Phi) is 4.46. The zero-order chi connectivity index (χ0) is 9.73. The number of hydrogen-bond acceptors (Lipinski definition) is 1. The van der Waals surface area contributed by atoms with Gasteiger partial charge >= 0.3 is 0 Å². The molecule has 2 heteroatoms. The summed E-state index contributed by atoms with van der Waals surface area (Å²) in [6, 6.07) is 2.82. The van der Waals surface area contributed by atoms with Gasteiger partial charge in [0, 0.05) is 6.61 Å². The van der Waals surface area contributed by atoms with Gasteiger partial charge in [-0.1, -0.05) is 33.1 Å². The summed E-state index contributed by atoms with van der Waals surface area (Å²) in [5, 5.41) is 0. The lowest BCUT2D eigenvalue weighted by Gasteiger charge is -2.31. The molecule has 0 atom stereocenters. The molecule has 0 N–H and O–H groups in total. The molecule has 78 valence electrons. The lowest BCUT2D eigenvalue weighted by atomic mass is 10.2. The Morgan fingerprint density at radius 1 is 1.15 bits per heavy atom.